The normalized spacial score (nSPS) is 19.4. The second-order valence-electron chi connectivity index (χ2n) is 7.30. The molecule has 1 unspecified atom stereocenters. The van der Waals surface area contributed by atoms with Crippen LogP contribution in [0.2, 0.25) is 4.34 Å². The molecule has 2 fully saturated rings. The van der Waals surface area contributed by atoms with Gasteiger partial charge >= 0.3 is 0 Å². The Morgan fingerprint density at radius 3 is 2.71 bits per heavy atom. The van der Waals surface area contributed by atoms with E-state index in [1.807, 2.05) is 6.07 Å². The molecule has 2 aliphatic rings. The van der Waals surface area contributed by atoms with Crippen LogP contribution in [-0.4, -0.2) is 79.5 Å². The van der Waals surface area contributed by atoms with Crippen LogP contribution in [-0.2, 0) is 11.3 Å². The summed E-state index contributed by atoms with van der Waals surface area (Å²) >= 11 is 7.68. The van der Waals surface area contributed by atoms with Gasteiger partial charge in [0.1, 0.15) is 0 Å². The van der Waals surface area contributed by atoms with Crippen molar-refractivity contribution in [1.29, 1.82) is 0 Å². The molecule has 1 aliphatic carbocycles. The van der Waals surface area contributed by atoms with E-state index in [9.17, 15) is 5.11 Å². The first-order chi connectivity index (χ1) is 13.1. The third-order valence-corrected chi connectivity index (χ3v) is 6.04. The van der Waals surface area contributed by atoms with Crippen LogP contribution in [0.1, 0.15) is 24.6 Å². The Labute approximate surface area is 194 Å². The lowest BCUT2D eigenvalue weighted by Crippen LogP contribution is -2.52. The summed E-state index contributed by atoms with van der Waals surface area (Å²) < 4.78 is 6.41. The molecule has 160 valence electrons. The van der Waals surface area contributed by atoms with Crippen molar-refractivity contribution < 1.29 is 9.84 Å². The fourth-order valence-electron chi connectivity index (χ4n) is 3.10. The average Bonchev–Trinajstić information content (AvgIpc) is 3.40. The van der Waals surface area contributed by atoms with Gasteiger partial charge in [-0.1, -0.05) is 11.6 Å². The maximum Gasteiger partial charge on any atom is 0.194 e. The van der Waals surface area contributed by atoms with E-state index in [1.54, 1.807) is 11.3 Å². The van der Waals surface area contributed by atoms with E-state index in [0.29, 0.717) is 13.2 Å². The van der Waals surface area contributed by atoms with E-state index in [0.717, 1.165) is 62.1 Å². The third kappa shape index (κ3) is 8.31. The van der Waals surface area contributed by atoms with Crippen LogP contribution in [0.4, 0.5) is 0 Å². The van der Waals surface area contributed by atoms with Crippen LogP contribution in [0.5, 0.6) is 0 Å². The van der Waals surface area contributed by atoms with Crippen LogP contribution in [0, 0.1) is 5.92 Å². The number of aliphatic imine (C=N–C) groups is 1. The van der Waals surface area contributed by atoms with Gasteiger partial charge in [-0.3, -0.25) is 9.89 Å². The van der Waals surface area contributed by atoms with E-state index < -0.39 is 6.10 Å². The molecule has 0 amide bonds. The summed E-state index contributed by atoms with van der Waals surface area (Å²) in [6.07, 6.45) is 2.00. The summed E-state index contributed by atoms with van der Waals surface area (Å²) in [5.41, 5.74) is 0. The zero-order valence-corrected chi connectivity index (χ0v) is 20.4. The van der Waals surface area contributed by atoms with E-state index >= 15 is 0 Å². The van der Waals surface area contributed by atoms with Gasteiger partial charge in [-0.2, -0.15) is 0 Å². The molecule has 0 aromatic carbocycles. The van der Waals surface area contributed by atoms with Crippen molar-refractivity contribution >= 4 is 52.9 Å². The number of ether oxygens (including phenoxy) is 1. The first-order valence-corrected chi connectivity index (χ1v) is 11.1. The monoisotopic (exact) mass is 542 g/mol. The molecule has 0 bridgehead atoms. The summed E-state index contributed by atoms with van der Waals surface area (Å²) in [4.78, 5) is 10.7. The number of thiophene rings is 1. The zero-order chi connectivity index (χ0) is 19.1. The number of hydrogen-bond acceptors (Lipinski definition) is 5. The maximum atomic E-state index is 10.1. The number of nitrogens with one attached hydrogen (secondary N) is 1. The van der Waals surface area contributed by atoms with Crippen molar-refractivity contribution in [2.24, 2.45) is 10.9 Å². The molecule has 2 heterocycles. The van der Waals surface area contributed by atoms with Gasteiger partial charge in [-0.25, -0.2) is 0 Å². The second kappa shape index (κ2) is 12.5. The quantitative estimate of drug-likeness (QED) is 0.286. The Hall–Kier alpha value is -0.130. The van der Waals surface area contributed by atoms with Crippen LogP contribution in [0.15, 0.2) is 17.1 Å². The Bertz CT molecular complexity index is 607. The smallest absolute Gasteiger partial charge is 0.194 e. The van der Waals surface area contributed by atoms with Crippen LogP contribution < -0.4 is 5.32 Å². The Kier molecular flexibility index (Phi) is 10.8. The van der Waals surface area contributed by atoms with Crippen molar-refractivity contribution in [2.45, 2.75) is 32.4 Å². The maximum absolute atomic E-state index is 10.1. The fourth-order valence-corrected chi connectivity index (χ4v) is 4.23. The molecule has 2 N–H and O–H groups in total. The third-order valence-electron chi connectivity index (χ3n) is 4.83. The predicted molar refractivity (Wildman–Crippen MR) is 127 cm³/mol. The molecule has 6 nitrogen and oxygen atoms in total. The molecule has 1 aromatic heterocycles. The molecule has 3 rings (SSSR count). The lowest BCUT2D eigenvalue weighted by atomic mass is 10.3. The fraction of sp³-hybridized carbons (Fsp3) is 0.737. The van der Waals surface area contributed by atoms with E-state index in [2.05, 4.69) is 33.1 Å². The molecule has 1 aliphatic heterocycles. The number of guanidine groups is 1. The summed E-state index contributed by atoms with van der Waals surface area (Å²) in [6.45, 7) is 9.21. The number of nitrogens with zero attached hydrogens (tertiary/aromatic N) is 3. The van der Waals surface area contributed by atoms with Crippen molar-refractivity contribution in [3.05, 3.63) is 21.3 Å². The molecule has 1 saturated heterocycles. The molecular weight excluding hydrogens is 511 g/mol. The molecule has 1 aromatic rings. The minimum absolute atomic E-state index is 0. The number of piperazine rings is 1. The highest BCUT2D eigenvalue weighted by atomic mass is 127. The van der Waals surface area contributed by atoms with E-state index in [1.165, 1.54) is 17.7 Å². The molecule has 0 spiro atoms. The van der Waals surface area contributed by atoms with Crippen LogP contribution in [0.25, 0.3) is 0 Å². The number of aliphatic hydroxyl groups is 1. The minimum atomic E-state index is -0.540. The first kappa shape index (κ1) is 24.1. The summed E-state index contributed by atoms with van der Waals surface area (Å²) in [5, 5.41) is 13.5. The largest absolute Gasteiger partial charge is 0.389 e. The highest BCUT2D eigenvalue weighted by Gasteiger charge is 2.22. The van der Waals surface area contributed by atoms with Crippen molar-refractivity contribution in [1.82, 2.24) is 15.1 Å². The van der Waals surface area contributed by atoms with Gasteiger partial charge in [0.05, 0.1) is 23.6 Å². The lowest BCUT2D eigenvalue weighted by Gasteiger charge is -2.36. The molecule has 28 heavy (non-hydrogen) atoms. The molecule has 0 radical (unpaired) electrons. The molecule has 9 heteroatoms. The lowest BCUT2D eigenvalue weighted by molar-refractivity contribution is 0.0367. The van der Waals surface area contributed by atoms with E-state index in [4.69, 9.17) is 16.3 Å². The Morgan fingerprint density at radius 1 is 1.36 bits per heavy atom. The van der Waals surface area contributed by atoms with Gasteiger partial charge in [0.15, 0.2) is 5.96 Å². The van der Waals surface area contributed by atoms with Crippen molar-refractivity contribution in [3.63, 3.8) is 0 Å². The second-order valence-corrected chi connectivity index (χ2v) is 9.10. The van der Waals surface area contributed by atoms with Crippen molar-refractivity contribution in [3.8, 4) is 0 Å². The number of aliphatic hydroxyl groups excluding tert-OH is 1. The highest BCUT2D eigenvalue weighted by molar-refractivity contribution is 14.0. The molecule has 1 saturated carbocycles. The zero-order valence-electron chi connectivity index (χ0n) is 16.5. The van der Waals surface area contributed by atoms with Crippen LogP contribution in [0.3, 0.4) is 0 Å². The topological polar surface area (TPSA) is 60.3 Å². The number of halogens is 2. The first-order valence-electron chi connectivity index (χ1n) is 9.89. The summed E-state index contributed by atoms with van der Waals surface area (Å²) in [5.74, 6) is 1.61. The van der Waals surface area contributed by atoms with E-state index in [-0.39, 0.29) is 24.0 Å². The summed E-state index contributed by atoms with van der Waals surface area (Å²) in [7, 11) is 0. The van der Waals surface area contributed by atoms with Crippen molar-refractivity contribution in [2.75, 3.05) is 52.5 Å². The van der Waals surface area contributed by atoms with Gasteiger partial charge in [-0.05, 0) is 37.8 Å². The standard InChI is InChI=1S/C19H31ClN4O2S.HI/c1-2-21-19(22-11-16(25)14-26-13-15-3-4-15)24-9-7-23(8-10-24)12-17-5-6-18(20)27-17;/h5-6,15-16,25H,2-4,7-14H2,1H3,(H,21,22);1H. The van der Waals surface area contributed by atoms with Gasteiger partial charge in [-0.15, -0.1) is 35.3 Å². The predicted octanol–water partition coefficient (Wildman–Crippen LogP) is 2.89. The average molecular weight is 543 g/mol. The van der Waals surface area contributed by atoms with Gasteiger partial charge in [0.25, 0.3) is 0 Å². The minimum Gasteiger partial charge on any atom is -0.389 e. The van der Waals surface area contributed by atoms with Gasteiger partial charge < -0.3 is 20.1 Å². The highest BCUT2D eigenvalue weighted by Crippen LogP contribution is 2.28. The SMILES string of the molecule is CCNC(=NCC(O)COCC1CC1)N1CCN(Cc2ccc(Cl)s2)CC1.I. The Balaban J connectivity index is 0.00000280. The number of rotatable bonds is 9. The molecular formula is C19H32ClIN4O2S. The number of hydrogen-bond donors (Lipinski definition) is 2. The molecule has 1 atom stereocenters. The Morgan fingerprint density at radius 2 is 2.11 bits per heavy atom. The summed E-state index contributed by atoms with van der Waals surface area (Å²) in [6, 6.07) is 4.07. The van der Waals surface area contributed by atoms with Crippen LogP contribution >= 0.6 is 46.9 Å². The van der Waals surface area contributed by atoms with Gasteiger partial charge in [0, 0.05) is 50.8 Å². The van der Waals surface area contributed by atoms with Gasteiger partial charge in [0.2, 0.25) is 0 Å².